The lowest BCUT2D eigenvalue weighted by molar-refractivity contribution is -0.130. The molecule has 0 heterocycles. The van der Waals surface area contributed by atoms with E-state index in [1.165, 1.54) is 19.3 Å². The van der Waals surface area contributed by atoms with Crippen LogP contribution in [0.3, 0.4) is 0 Å². The van der Waals surface area contributed by atoms with E-state index in [0.29, 0.717) is 5.92 Å². The number of rotatable bonds is 5. The van der Waals surface area contributed by atoms with E-state index in [9.17, 15) is 4.79 Å². The summed E-state index contributed by atoms with van der Waals surface area (Å²) >= 11 is 3.44. The highest BCUT2D eigenvalue weighted by Crippen LogP contribution is 2.40. The Morgan fingerprint density at radius 2 is 2.18 bits per heavy atom. The summed E-state index contributed by atoms with van der Waals surface area (Å²) in [5.41, 5.74) is 0.182. The van der Waals surface area contributed by atoms with Crippen LogP contribution in [0.4, 0.5) is 0 Å². The molecule has 0 saturated heterocycles. The standard InChI is InChI=1S/C14H26BrNO/c1-11(7-9-15)10-16-13(17)12-6-4-5-8-14(12,2)3/h11-12H,4-10H2,1-3H3,(H,16,17). The van der Waals surface area contributed by atoms with Crippen LogP contribution in [0.5, 0.6) is 0 Å². The van der Waals surface area contributed by atoms with Gasteiger partial charge in [0, 0.05) is 17.8 Å². The zero-order chi connectivity index (χ0) is 12.9. The van der Waals surface area contributed by atoms with Gasteiger partial charge in [-0.05, 0) is 30.6 Å². The van der Waals surface area contributed by atoms with Crippen LogP contribution in [0, 0.1) is 17.3 Å². The van der Waals surface area contributed by atoms with Crippen molar-refractivity contribution in [3.63, 3.8) is 0 Å². The van der Waals surface area contributed by atoms with E-state index in [2.05, 4.69) is 42.0 Å². The highest BCUT2D eigenvalue weighted by atomic mass is 79.9. The van der Waals surface area contributed by atoms with Crippen LogP contribution in [0.15, 0.2) is 0 Å². The quantitative estimate of drug-likeness (QED) is 0.770. The average Bonchev–Trinajstić information content (AvgIpc) is 2.26. The van der Waals surface area contributed by atoms with Crippen LogP contribution >= 0.6 is 15.9 Å². The van der Waals surface area contributed by atoms with Crippen molar-refractivity contribution in [2.45, 2.75) is 52.9 Å². The SMILES string of the molecule is CC(CCBr)CNC(=O)C1CCCCC1(C)C. The molecule has 1 rings (SSSR count). The molecule has 2 nitrogen and oxygen atoms in total. The van der Waals surface area contributed by atoms with E-state index in [-0.39, 0.29) is 17.2 Å². The van der Waals surface area contributed by atoms with Gasteiger partial charge in [-0.3, -0.25) is 4.79 Å². The second-order valence-corrected chi connectivity index (χ2v) is 6.91. The molecule has 1 fully saturated rings. The predicted molar refractivity (Wildman–Crippen MR) is 76.3 cm³/mol. The van der Waals surface area contributed by atoms with Gasteiger partial charge in [-0.25, -0.2) is 0 Å². The number of halogens is 1. The van der Waals surface area contributed by atoms with Crippen LogP contribution in [0.2, 0.25) is 0 Å². The largest absolute Gasteiger partial charge is 0.356 e. The lowest BCUT2D eigenvalue weighted by Gasteiger charge is -2.37. The van der Waals surface area contributed by atoms with Gasteiger partial charge in [0.05, 0.1) is 0 Å². The third kappa shape index (κ3) is 4.61. The van der Waals surface area contributed by atoms with Crippen LogP contribution in [-0.4, -0.2) is 17.8 Å². The number of alkyl halides is 1. The van der Waals surface area contributed by atoms with Crippen molar-refractivity contribution in [3.8, 4) is 0 Å². The molecule has 0 radical (unpaired) electrons. The van der Waals surface area contributed by atoms with Crippen LogP contribution in [-0.2, 0) is 4.79 Å². The maximum absolute atomic E-state index is 12.2. The third-order valence-corrected chi connectivity index (χ3v) is 4.51. The number of amides is 1. The van der Waals surface area contributed by atoms with E-state index in [1.807, 2.05) is 0 Å². The Hall–Kier alpha value is -0.0500. The minimum Gasteiger partial charge on any atom is -0.356 e. The summed E-state index contributed by atoms with van der Waals surface area (Å²) in [6, 6.07) is 0. The summed E-state index contributed by atoms with van der Waals surface area (Å²) in [5.74, 6) is 1.05. The Labute approximate surface area is 114 Å². The fourth-order valence-electron chi connectivity index (χ4n) is 2.67. The molecule has 100 valence electrons. The first kappa shape index (κ1) is 15.0. The molecule has 0 aromatic rings. The molecule has 0 spiro atoms. The first-order valence-corrected chi connectivity index (χ1v) is 7.93. The molecule has 3 heteroatoms. The van der Waals surface area contributed by atoms with Crippen LogP contribution in [0.25, 0.3) is 0 Å². The van der Waals surface area contributed by atoms with Gasteiger partial charge >= 0.3 is 0 Å². The summed E-state index contributed by atoms with van der Waals surface area (Å²) in [5, 5.41) is 4.15. The van der Waals surface area contributed by atoms with E-state index in [4.69, 9.17) is 0 Å². The Morgan fingerprint density at radius 3 is 2.76 bits per heavy atom. The Kier molecular flexibility index (Phi) is 5.98. The first-order valence-electron chi connectivity index (χ1n) is 6.81. The van der Waals surface area contributed by atoms with Crippen molar-refractivity contribution >= 4 is 21.8 Å². The van der Waals surface area contributed by atoms with Gasteiger partial charge in [-0.1, -0.05) is 49.5 Å². The zero-order valence-corrected chi connectivity index (χ0v) is 13.0. The Morgan fingerprint density at radius 1 is 1.47 bits per heavy atom. The molecule has 2 unspecified atom stereocenters. The molecular formula is C14H26BrNO. The summed E-state index contributed by atoms with van der Waals surface area (Å²) in [4.78, 5) is 12.2. The molecule has 0 aromatic carbocycles. The van der Waals surface area contributed by atoms with Gasteiger partial charge < -0.3 is 5.32 Å². The molecule has 1 saturated carbocycles. The van der Waals surface area contributed by atoms with Crippen LogP contribution < -0.4 is 5.32 Å². The highest BCUT2D eigenvalue weighted by molar-refractivity contribution is 9.09. The molecule has 1 aliphatic carbocycles. The van der Waals surface area contributed by atoms with Gasteiger partial charge in [0.25, 0.3) is 0 Å². The smallest absolute Gasteiger partial charge is 0.223 e. The van der Waals surface area contributed by atoms with E-state index < -0.39 is 0 Å². The summed E-state index contributed by atoms with van der Waals surface area (Å²) in [6.45, 7) is 7.47. The third-order valence-electron chi connectivity index (χ3n) is 4.05. The average molecular weight is 304 g/mol. The fraction of sp³-hybridized carbons (Fsp3) is 0.929. The normalized spacial score (nSPS) is 25.3. The number of hydrogen-bond donors (Lipinski definition) is 1. The zero-order valence-electron chi connectivity index (χ0n) is 11.4. The van der Waals surface area contributed by atoms with Crippen LogP contribution in [0.1, 0.15) is 52.9 Å². The molecule has 17 heavy (non-hydrogen) atoms. The minimum absolute atomic E-state index is 0.182. The molecule has 1 N–H and O–H groups in total. The maximum atomic E-state index is 12.2. The molecule has 0 aliphatic heterocycles. The first-order chi connectivity index (χ1) is 7.97. The van der Waals surface area contributed by atoms with Crippen molar-refractivity contribution < 1.29 is 4.79 Å². The lowest BCUT2D eigenvalue weighted by atomic mass is 9.68. The van der Waals surface area contributed by atoms with E-state index in [1.54, 1.807) is 0 Å². The number of nitrogens with one attached hydrogen (secondary N) is 1. The van der Waals surface area contributed by atoms with Gasteiger partial charge in [0.15, 0.2) is 0 Å². The molecule has 0 bridgehead atoms. The fourth-order valence-corrected chi connectivity index (χ4v) is 3.45. The number of carbonyl (C=O) groups excluding carboxylic acids is 1. The molecule has 0 aromatic heterocycles. The number of carbonyl (C=O) groups is 1. The Bertz CT molecular complexity index is 253. The molecule has 2 atom stereocenters. The Balaban J connectivity index is 2.41. The number of hydrogen-bond acceptors (Lipinski definition) is 1. The topological polar surface area (TPSA) is 29.1 Å². The van der Waals surface area contributed by atoms with E-state index >= 15 is 0 Å². The van der Waals surface area contributed by atoms with Crippen molar-refractivity contribution in [1.82, 2.24) is 5.32 Å². The molecule has 1 amide bonds. The van der Waals surface area contributed by atoms with Gasteiger partial charge in [0.2, 0.25) is 5.91 Å². The van der Waals surface area contributed by atoms with Gasteiger partial charge in [0.1, 0.15) is 0 Å². The monoisotopic (exact) mass is 303 g/mol. The van der Waals surface area contributed by atoms with E-state index in [0.717, 1.165) is 24.7 Å². The second-order valence-electron chi connectivity index (χ2n) is 6.11. The van der Waals surface area contributed by atoms with Crippen molar-refractivity contribution in [2.75, 3.05) is 11.9 Å². The van der Waals surface area contributed by atoms with Gasteiger partial charge in [-0.15, -0.1) is 0 Å². The maximum Gasteiger partial charge on any atom is 0.223 e. The minimum atomic E-state index is 0.182. The molecular weight excluding hydrogens is 278 g/mol. The summed E-state index contributed by atoms with van der Waals surface area (Å²) < 4.78 is 0. The summed E-state index contributed by atoms with van der Waals surface area (Å²) in [7, 11) is 0. The van der Waals surface area contributed by atoms with Crippen molar-refractivity contribution in [1.29, 1.82) is 0 Å². The second kappa shape index (κ2) is 6.77. The lowest BCUT2D eigenvalue weighted by Crippen LogP contribution is -2.42. The van der Waals surface area contributed by atoms with Crippen molar-refractivity contribution in [3.05, 3.63) is 0 Å². The highest BCUT2D eigenvalue weighted by Gasteiger charge is 2.36. The molecule has 1 aliphatic rings. The van der Waals surface area contributed by atoms with Crippen molar-refractivity contribution in [2.24, 2.45) is 17.3 Å². The van der Waals surface area contributed by atoms with Gasteiger partial charge in [-0.2, -0.15) is 0 Å². The summed E-state index contributed by atoms with van der Waals surface area (Å²) in [6.07, 6.45) is 5.84. The predicted octanol–water partition coefficient (Wildman–Crippen LogP) is 3.74.